The lowest BCUT2D eigenvalue weighted by Gasteiger charge is -2.21. The highest BCUT2D eigenvalue weighted by molar-refractivity contribution is 7.99. The maximum absolute atomic E-state index is 12.6. The van der Waals surface area contributed by atoms with Crippen LogP contribution in [0.4, 0.5) is 5.69 Å². The van der Waals surface area contributed by atoms with E-state index in [0.717, 1.165) is 50.3 Å². The summed E-state index contributed by atoms with van der Waals surface area (Å²) in [5.74, 6) is 1.46. The summed E-state index contributed by atoms with van der Waals surface area (Å²) in [6.07, 6.45) is 5.02. The van der Waals surface area contributed by atoms with Crippen molar-refractivity contribution in [2.24, 2.45) is 0 Å². The molecule has 0 spiro atoms. The van der Waals surface area contributed by atoms with Crippen LogP contribution in [0, 0.1) is 0 Å². The van der Waals surface area contributed by atoms with Crippen LogP contribution in [0.15, 0.2) is 48.5 Å². The van der Waals surface area contributed by atoms with E-state index in [0.29, 0.717) is 17.6 Å². The first-order chi connectivity index (χ1) is 13.3. The Labute approximate surface area is 165 Å². The molecule has 1 unspecified atom stereocenters. The van der Waals surface area contributed by atoms with Crippen LogP contribution >= 0.6 is 11.8 Å². The Morgan fingerprint density at radius 3 is 2.81 bits per heavy atom. The molecule has 2 aromatic rings. The number of thioether (sulfide) groups is 1. The van der Waals surface area contributed by atoms with Gasteiger partial charge in [0.1, 0.15) is 0 Å². The molecule has 1 amide bonds. The minimum atomic E-state index is 0.117. The van der Waals surface area contributed by atoms with E-state index in [2.05, 4.69) is 41.7 Å². The fourth-order valence-electron chi connectivity index (χ4n) is 4.09. The molecule has 1 aliphatic heterocycles. The van der Waals surface area contributed by atoms with Gasteiger partial charge in [0.15, 0.2) is 0 Å². The molecular weight excluding hydrogens is 354 g/mol. The first-order valence-electron chi connectivity index (χ1n) is 9.94. The number of amides is 1. The number of carbonyl (C=O) groups excluding carboxylic acids is 1. The summed E-state index contributed by atoms with van der Waals surface area (Å²) in [4.78, 5) is 12.6. The van der Waals surface area contributed by atoms with Crippen LogP contribution in [-0.2, 0) is 21.7 Å². The SMILES string of the molecule is O=C(CC1CCc2ccccc21)Nc1cccc(CSC2CCOCC2)c1. The van der Waals surface area contributed by atoms with Crippen molar-refractivity contribution in [3.8, 4) is 0 Å². The largest absolute Gasteiger partial charge is 0.381 e. The lowest BCUT2D eigenvalue weighted by atomic mass is 9.97. The highest BCUT2D eigenvalue weighted by atomic mass is 32.2. The van der Waals surface area contributed by atoms with Gasteiger partial charge < -0.3 is 10.1 Å². The third kappa shape index (κ3) is 4.94. The summed E-state index contributed by atoms with van der Waals surface area (Å²) in [7, 11) is 0. The van der Waals surface area contributed by atoms with Crippen molar-refractivity contribution >= 4 is 23.4 Å². The van der Waals surface area contributed by atoms with E-state index in [1.165, 1.54) is 16.7 Å². The first kappa shape index (κ1) is 18.6. The third-order valence-corrected chi connectivity index (χ3v) is 7.00. The van der Waals surface area contributed by atoms with Crippen molar-refractivity contribution in [2.45, 2.75) is 49.0 Å². The molecule has 27 heavy (non-hydrogen) atoms. The van der Waals surface area contributed by atoms with Crippen LogP contribution in [0.3, 0.4) is 0 Å². The average Bonchev–Trinajstić information content (AvgIpc) is 3.10. The highest BCUT2D eigenvalue weighted by Crippen LogP contribution is 2.35. The second-order valence-electron chi connectivity index (χ2n) is 7.51. The Hall–Kier alpha value is -1.78. The number of fused-ring (bicyclic) bond motifs is 1. The Morgan fingerprint density at radius 1 is 1.07 bits per heavy atom. The molecule has 2 aromatic carbocycles. The molecule has 0 aromatic heterocycles. The number of nitrogens with one attached hydrogen (secondary N) is 1. The van der Waals surface area contributed by atoms with Gasteiger partial charge in [0.05, 0.1) is 0 Å². The zero-order valence-electron chi connectivity index (χ0n) is 15.7. The van der Waals surface area contributed by atoms with Gasteiger partial charge >= 0.3 is 0 Å². The molecule has 1 fully saturated rings. The molecule has 1 N–H and O–H groups in total. The second-order valence-corrected chi connectivity index (χ2v) is 8.80. The van der Waals surface area contributed by atoms with Crippen LogP contribution in [0.2, 0.25) is 0 Å². The van der Waals surface area contributed by atoms with Crippen LogP contribution in [0.5, 0.6) is 0 Å². The number of rotatable bonds is 6. The van der Waals surface area contributed by atoms with Gasteiger partial charge in [-0.15, -0.1) is 0 Å². The highest BCUT2D eigenvalue weighted by Gasteiger charge is 2.24. The fraction of sp³-hybridized carbons (Fsp3) is 0.435. The lowest BCUT2D eigenvalue weighted by molar-refractivity contribution is -0.116. The van der Waals surface area contributed by atoms with Gasteiger partial charge in [-0.2, -0.15) is 11.8 Å². The van der Waals surface area contributed by atoms with Gasteiger partial charge in [0.25, 0.3) is 0 Å². The number of carbonyl (C=O) groups is 1. The number of aryl methyl sites for hydroxylation is 1. The Bertz CT molecular complexity index is 785. The van der Waals surface area contributed by atoms with E-state index in [-0.39, 0.29) is 5.91 Å². The molecular formula is C23H27NO2S. The molecule has 1 aliphatic carbocycles. The maximum atomic E-state index is 12.6. The summed E-state index contributed by atoms with van der Waals surface area (Å²) in [6.45, 7) is 1.77. The summed E-state index contributed by atoms with van der Waals surface area (Å²) in [5.41, 5.74) is 4.95. The standard InChI is InChI=1S/C23H27NO2S/c25-23(15-19-9-8-18-5-1-2-7-22(18)19)24-20-6-3-4-17(14-20)16-27-21-10-12-26-13-11-21/h1-7,14,19,21H,8-13,15-16H2,(H,24,25). The molecule has 2 aliphatic rings. The van der Waals surface area contributed by atoms with Gasteiger partial charge in [0, 0.05) is 36.3 Å². The molecule has 142 valence electrons. The van der Waals surface area contributed by atoms with Gasteiger partial charge in [-0.05, 0) is 60.4 Å². The number of hydrogen-bond acceptors (Lipinski definition) is 3. The van der Waals surface area contributed by atoms with E-state index in [4.69, 9.17) is 4.74 Å². The Balaban J connectivity index is 1.31. The van der Waals surface area contributed by atoms with Crippen LogP contribution in [-0.4, -0.2) is 24.4 Å². The fourth-order valence-corrected chi connectivity index (χ4v) is 5.22. The smallest absolute Gasteiger partial charge is 0.224 e. The maximum Gasteiger partial charge on any atom is 0.224 e. The molecule has 1 heterocycles. The van der Waals surface area contributed by atoms with Crippen LogP contribution in [0.25, 0.3) is 0 Å². The molecule has 1 atom stereocenters. The van der Waals surface area contributed by atoms with E-state index in [1.807, 2.05) is 23.9 Å². The summed E-state index contributed by atoms with van der Waals surface area (Å²) >= 11 is 2.00. The monoisotopic (exact) mass is 381 g/mol. The van der Waals surface area contributed by atoms with E-state index in [1.54, 1.807) is 0 Å². The number of benzene rings is 2. The quantitative estimate of drug-likeness (QED) is 0.751. The van der Waals surface area contributed by atoms with Gasteiger partial charge in [-0.1, -0.05) is 36.4 Å². The number of hydrogen-bond donors (Lipinski definition) is 1. The summed E-state index contributed by atoms with van der Waals surface area (Å²) < 4.78 is 5.43. The zero-order valence-corrected chi connectivity index (χ0v) is 16.5. The number of ether oxygens (including phenoxy) is 1. The Morgan fingerprint density at radius 2 is 1.93 bits per heavy atom. The molecule has 4 rings (SSSR count). The molecule has 4 heteroatoms. The molecule has 0 radical (unpaired) electrons. The molecule has 3 nitrogen and oxygen atoms in total. The second kappa shape index (κ2) is 8.94. The van der Waals surface area contributed by atoms with Crippen molar-refractivity contribution < 1.29 is 9.53 Å². The first-order valence-corrected chi connectivity index (χ1v) is 11.0. The van der Waals surface area contributed by atoms with Crippen molar-refractivity contribution in [2.75, 3.05) is 18.5 Å². The van der Waals surface area contributed by atoms with E-state index < -0.39 is 0 Å². The van der Waals surface area contributed by atoms with E-state index in [9.17, 15) is 4.79 Å². The Kier molecular flexibility index (Phi) is 6.15. The minimum absolute atomic E-state index is 0.117. The normalized spacial score (nSPS) is 19.6. The zero-order chi connectivity index (χ0) is 18.5. The van der Waals surface area contributed by atoms with Crippen molar-refractivity contribution in [3.63, 3.8) is 0 Å². The predicted molar refractivity (Wildman–Crippen MR) is 112 cm³/mol. The van der Waals surface area contributed by atoms with Gasteiger partial charge in [0.2, 0.25) is 5.91 Å². The molecule has 1 saturated heterocycles. The van der Waals surface area contributed by atoms with Crippen LogP contribution in [0.1, 0.15) is 48.3 Å². The predicted octanol–water partition coefficient (Wildman–Crippen LogP) is 5.16. The minimum Gasteiger partial charge on any atom is -0.381 e. The van der Waals surface area contributed by atoms with Gasteiger partial charge in [-0.3, -0.25) is 4.79 Å². The van der Waals surface area contributed by atoms with E-state index >= 15 is 0 Å². The average molecular weight is 382 g/mol. The third-order valence-electron chi connectivity index (χ3n) is 5.55. The van der Waals surface area contributed by atoms with Crippen molar-refractivity contribution in [1.82, 2.24) is 0 Å². The molecule has 0 bridgehead atoms. The van der Waals surface area contributed by atoms with Crippen LogP contribution < -0.4 is 5.32 Å². The number of anilines is 1. The summed E-state index contributed by atoms with van der Waals surface area (Å²) in [6, 6.07) is 16.8. The van der Waals surface area contributed by atoms with Gasteiger partial charge in [-0.25, -0.2) is 0 Å². The lowest BCUT2D eigenvalue weighted by Crippen LogP contribution is -2.17. The van der Waals surface area contributed by atoms with Crippen molar-refractivity contribution in [3.05, 3.63) is 65.2 Å². The topological polar surface area (TPSA) is 38.3 Å². The molecule has 0 saturated carbocycles. The summed E-state index contributed by atoms with van der Waals surface area (Å²) in [5, 5.41) is 3.80. The van der Waals surface area contributed by atoms with Crippen molar-refractivity contribution in [1.29, 1.82) is 0 Å².